The minimum absolute atomic E-state index is 0.151. The van der Waals surface area contributed by atoms with E-state index in [0.29, 0.717) is 16.3 Å². The number of carbonyl (C=O) groups excluding carboxylic acids is 1. The monoisotopic (exact) mass is 395 g/mol. The molecule has 6 heteroatoms. The van der Waals surface area contributed by atoms with Gasteiger partial charge in [-0.25, -0.2) is 4.68 Å². The van der Waals surface area contributed by atoms with E-state index in [4.69, 9.17) is 5.10 Å². The zero-order valence-corrected chi connectivity index (χ0v) is 17.6. The standard InChI is InChI=1S/C22H25N3O2S/c1-15-7-6-8-17(13-15)25-20(14-19(24-25)22(2,3)4)23-21(26)16-9-11-18(12-10-16)28(5)27/h6-14H,1-5H3,(H,23,26). The van der Waals surface area contributed by atoms with Crippen molar-refractivity contribution in [2.75, 3.05) is 11.6 Å². The Hall–Kier alpha value is -2.73. The molecule has 0 aliphatic carbocycles. The molecule has 28 heavy (non-hydrogen) atoms. The zero-order valence-electron chi connectivity index (χ0n) is 16.8. The average Bonchev–Trinajstić information content (AvgIpc) is 3.06. The molecule has 1 heterocycles. The topological polar surface area (TPSA) is 64.0 Å². The minimum Gasteiger partial charge on any atom is -0.306 e. The molecule has 1 atom stereocenters. The second kappa shape index (κ2) is 7.72. The van der Waals surface area contributed by atoms with Crippen LogP contribution in [0.15, 0.2) is 59.5 Å². The molecule has 2 aromatic carbocycles. The van der Waals surface area contributed by atoms with Gasteiger partial charge in [-0.2, -0.15) is 5.10 Å². The van der Waals surface area contributed by atoms with Crippen LogP contribution in [0.25, 0.3) is 5.69 Å². The van der Waals surface area contributed by atoms with Crippen LogP contribution >= 0.6 is 0 Å². The predicted octanol–water partition coefficient (Wildman–Crippen LogP) is 4.47. The van der Waals surface area contributed by atoms with E-state index in [1.54, 1.807) is 35.2 Å². The number of hydrogen-bond donors (Lipinski definition) is 1. The summed E-state index contributed by atoms with van der Waals surface area (Å²) in [5.74, 6) is 0.381. The Morgan fingerprint density at radius 1 is 1.07 bits per heavy atom. The molecule has 146 valence electrons. The molecule has 0 spiro atoms. The fourth-order valence-corrected chi connectivity index (χ4v) is 3.30. The molecule has 0 bridgehead atoms. The minimum atomic E-state index is -1.07. The van der Waals surface area contributed by atoms with Gasteiger partial charge in [0.2, 0.25) is 0 Å². The maximum Gasteiger partial charge on any atom is 0.256 e. The van der Waals surface area contributed by atoms with E-state index in [-0.39, 0.29) is 11.3 Å². The maximum absolute atomic E-state index is 12.8. The van der Waals surface area contributed by atoms with E-state index >= 15 is 0 Å². The Labute approximate surface area is 168 Å². The summed E-state index contributed by atoms with van der Waals surface area (Å²) in [6, 6.07) is 16.7. The molecular formula is C22H25N3O2S. The van der Waals surface area contributed by atoms with Gasteiger partial charge in [0.05, 0.1) is 11.4 Å². The third-order valence-corrected chi connectivity index (χ3v) is 5.35. The van der Waals surface area contributed by atoms with Crippen LogP contribution in [0.2, 0.25) is 0 Å². The van der Waals surface area contributed by atoms with Crippen LogP contribution in [0, 0.1) is 6.92 Å². The first-order valence-corrected chi connectivity index (χ1v) is 10.6. The highest BCUT2D eigenvalue weighted by Crippen LogP contribution is 2.27. The van der Waals surface area contributed by atoms with Gasteiger partial charge in [0.1, 0.15) is 5.82 Å². The number of rotatable bonds is 4. The van der Waals surface area contributed by atoms with Crippen LogP contribution < -0.4 is 5.32 Å². The van der Waals surface area contributed by atoms with E-state index in [1.165, 1.54) is 0 Å². The molecule has 0 saturated carbocycles. The second-order valence-electron chi connectivity index (χ2n) is 7.85. The van der Waals surface area contributed by atoms with Crippen LogP contribution in [-0.2, 0) is 16.2 Å². The van der Waals surface area contributed by atoms with Crippen molar-refractivity contribution >= 4 is 22.5 Å². The smallest absolute Gasteiger partial charge is 0.256 e. The number of nitrogens with zero attached hydrogens (tertiary/aromatic N) is 2. The summed E-state index contributed by atoms with van der Waals surface area (Å²) >= 11 is 0. The lowest BCUT2D eigenvalue weighted by atomic mass is 9.92. The van der Waals surface area contributed by atoms with Gasteiger partial charge in [-0.15, -0.1) is 0 Å². The molecule has 0 radical (unpaired) electrons. The SMILES string of the molecule is Cc1cccc(-n2nc(C(C)(C)C)cc2NC(=O)c2ccc(S(C)=O)cc2)c1. The Morgan fingerprint density at radius 3 is 2.32 bits per heavy atom. The second-order valence-corrected chi connectivity index (χ2v) is 9.23. The highest BCUT2D eigenvalue weighted by Gasteiger charge is 2.22. The maximum atomic E-state index is 12.8. The predicted molar refractivity (Wildman–Crippen MR) is 114 cm³/mol. The Morgan fingerprint density at radius 2 is 1.75 bits per heavy atom. The first-order chi connectivity index (χ1) is 13.1. The van der Waals surface area contributed by atoms with Crippen molar-refractivity contribution in [3.63, 3.8) is 0 Å². The van der Waals surface area contributed by atoms with Gasteiger partial charge < -0.3 is 5.32 Å². The third kappa shape index (κ3) is 4.39. The summed E-state index contributed by atoms with van der Waals surface area (Å²) in [5.41, 5.74) is 3.25. The van der Waals surface area contributed by atoms with Crippen LogP contribution in [0.5, 0.6) is 0 Å². The molecule has 0 saturated heterocycles. The fraction of sp³-hybridized carbons (Fsp3) is 0.273. The van der Waals surface area contributed by atoms with E-state index in [1.807, 2.05) is 37.3 Å². The summed E-state index contributed by atoms with van der Waals surface area (Å²) in [5, 5.41) is 7.71. The van der Waals surface area contributed by atoms with Crippen LogP contribution in [0.1, 0.15) is 42.4 Å². The molecular weight excluding hydrogens is 370 g/mol. The summed E-state index contributed by atoms with van der Waals surface area (Å²) in [7, 11) is -1.07. The lowest BCUT2D eigenvalue weighted by Crippen LogP contribution is -2.15. The third-order valence-electron chi connectivity index (χ3n) is 4.41. The fourth-order valence-electron chi connectivity index (χ4n) is 2.78. The Balaban J connectivity index is 1.97. The molecule has 1 unspecified atom stereocenters. The first kappa shape index (κ1) is 20.0. The Kier molecular flexibility index (Phi) is 5.52. The van der Waals surface area contributed by atoms with Crippen molar-refractivity contribution in [3.8, 4) is 5.69 Å². The summed E-state index contributed by atoms with van der Waals surface area (Å²) in [4.78, 5) is 13.5. The molecule has 3 rings (SSSR count). The number of aryl methyl sites for hydroxylation is 1. The van der Waals surface area contributed by atoms with Gasteiger partial charge in [0.15, 0.2) is 0 Å². The van der Waals surface area contributed by atoms with Gasteiger partial charge in [-0.1, -0.05) is 32.9 Å². The molecule has 0 aliphatic rings. The highest BCUT2D eigenvalue weighted by molar-refractivity contribution is 7.84. The lowest BCUT2D eigenvalue weighted by molar-refractivity contribution is 0.102. The van der Waals surface area contributed by atoms with Gasteiger partial charge >= 0.3 is 0 Å². The number of benzene rings is 2. The number of hydrogen-bond acceptors (Lipinski definition) is 3. The number of nitrogens with one attached hydrogen (secondary N) is 1. The average molecular weight is 396 g/mol. The highest BCUT2D eigenvalue weighted by atomic mass is 32.2. The van der Waals surface area contributed by atoms with E-state index in [2.05, 4.69) is 26.1 Å². The number of amides is 1. The largest absolute Gasteiger partial charge is 0.306 e. The van der Waals surface area contributed by atoms with E-state index in [9.17, 15) is 9.00 Å². The number of carbonyl (C=O) groups is 1. The lowest BCUT2D eigenvalue weighted by Gasteiger charge is -2.14. The van der Waals surface area contributed by atoms with Crippen molar-refractivity contribution in [2.45, 2.75) is 38.0 Å². The molecule has 1 N–H and O–H groups in total. The van der Waals surface area contributed by atoms with Gasteiger partial charge in [0, 0.05) is 39.0 Å². The van der Waals surface area contributed by atoms with Crippen molar-refractivity contribution in [1.29, 1.82) is 0 Å². The Bertz CT molecular complexity index is 1030. The summed E-state index contributed by atoms with van der Waals surface area (Å²) in [6.07, 6.45) is 1.61. The first-order valence-electron chi connectivity index (χ1n) is 9.07. The summed E-state index contributed by atoms with van der Waals surface area (Å²) in [6.45, 7) is 8.29. The zero-order chi connectivity index (χ0) is 20.5. The van der Waals surface area contributed by atoms with E-state index < -0.39 is 10.8 Å². The molecule has 0 fully saturated rings. The number of aromatic nitrogens is 2. The molecule has 3 aromatic rings. The van der Waals surface area contributed by atoms with Gasteiger partial charge in [0.25, 0.3) is 5.91 Å². The molecule has 0 aliphatic heterocycles. The van der Waals surface area contributed by atoms with E-state index in [0.717, 1.165) is 16.9 Å². The van der Waals surface area contributed by atoms with Crippen molar-refractivity contribution in [2.24, 2.45) is 0 Å². The van der Waals surface area contributed by atoms with Gasteiger partial charge in [-0.05, 0) is 48.9 Å². The van der Waals surface area contributed by atoms with Crippen LogP contribution in [0.4, 0.5) is 5.82 Å². The number of anilines is 1. The van der Waals surface area contributed by atoms with Crippen molar-refractivity contribution in [1.82, 2.24) is 9.78 Å². The van der Waals surface area contributed by atoms with Crippen molar-refractivity contribution < 1.29 is 9.00 Å². The molecule has 5 nitrogen and oxygen atoms in total. The van der Waals surface area contributed by atoms with Gasteiger partial charge in [-0.3, -0.25) is 9.00 Å². The molecule has 1 amide bonds. The van der Waals surface area contributed by atoms with Crippen LogP contribution in [-0.4, -0.2) is 26.2 Å². The normalized spacial score (nSPS) is 12.6. The van der Waals surface area contributed by atoms with Crippen LogP contribution in [0.3, 0.4) is 0 Å². The summed E-state index contributed by atoms with van der Waals surface area (Å²) < 4.78 is 13.3. The molecule has 1 aromatic heterocycles. The van der Waals surface area contributed by atoms with Crippen molar-refractivity contribution in [3.05, 3.63) is 71.4 Å². The quantitative estimate of drug-likeness (QED) is 0.709.